The van der Waals surface area contributed by atoms with E-state index in [4.69, 9.17) is 11.6 Å². The predicted molar refractivity (Wildman–Crippen MR) is 169 cm³/mol. The molecule has 1 saturated heterocycles. The summed E-state index contributed by atoms with van der Waals surface area (Å²) in [6.45, 7) is 10.8. The minimum absolute atomic E-state index is 0.0278. The first-order chi connectivity index (χ1) is 20.3. The largest absolute Gasteiger partial charge is 0.384 e. The van der Waals surface area contributed by atoms with E-state index in [-0.39, 0.29) is 23.6 Å². The summed E-state index contributed by atoms with van der Waals surface area (Å²) in [5.41, 5.74) is 2.32. The monoisotopic (exact) mass is 601 g/mol. The van der Waals surface area contributed by atoms with Crippen LogP contribution in [0, 0.1) is 11.3 Å². The maximum Gasteiger partial charge on any atom is 0.258 e. The van der Waals surface area contributed by atoms with Crippen molar-refractivity contribution in [1.82, 2.24) is 10.2 Å². The fourth-order valence-corrected chi connectivity index (χ4v) is 6.44. The average Bonchev–Trinajstić information content (AvgIpc) is 3.33. The Balaban J connectivity index is 1.24. The molecule has 3 aromatic rings. The summed E-state index contributed by atoms with van der Waals surface area (Å²) < 4.78 is 0. The highest BCUT2D eigenvalue weighted by Gasteiger charge is 2.50. The molecule has 226 valence electrons. The Bertz CT molecular complexity index is 1520. The third-order valence-electron chi connectivity index (χ3n) is 9.23. The molecule has 0 aromatic heterocycles. The number of hydrogen-bond acceptors (Lipinski definition) is 4. The second-order valence-electron chi connectivity index (χ2n) is 12.9. The first-order valence-electron chi connectivity index (χ1n) is 14.9. The van der Waals surface area contributed by atoms with Crippen molar-refractivity contribution in [3.8, 4) is 0 Å². The van der Waals surface area contributed by atoms with E-state index in [2.05, 4.69) is 5.32 Å². The van der Waals surface area contributed by atoms with Gasteiger partial charge in [0.25, 0.3) is 5.91 Å². The second kappa shape index (κ2) is 11.8. The van der Waals surface area contributed by atoms with E-state index in [1.54, 1.807) is 21.9 Å². The molecule has 3 aromatic carbocycles. The summed E-state index contributed by atoms with van der Waals surface area (Å²) in [5.74, 6) is -1.04. The van der Waals surface area contributed by atoms with Crippen LogP contribution >= 0.6 is 11.6 Å². The van der Waals surface area contributed by atoms with Crippen molar-refractivity contribution >= 4 is 35.0 Å². The molecule has 0 spiro atoms. The zero-order valence-corrected chi connectivity index (χ0v) is 26.2. The van der Waals surface area contributed by atoms with E-state index in [9.17, 15) is 19.5 Å². The van der Waals surface area contributed by atoms with Crippen molar-refractivity contribution in [3.05, 3.63) is 100 Å². The summed E-state index contributed by atoms with van der Waals surface area (Å²) >= 11 is 6.07. The van der Waals surface area contributed by atoms with Crippen LogP contribution in [0.2, 0.25) is 5.02 Å². The molecule has 3 atom stereocenters. The standard InChI is InChI=1S/C35H40ClN3O4/c1-22(2)30(33(42)38-19-18-35(43,34(4,5)21-38)26-12-14-27(36)15-13-26)37-31(40)23(3)24-10-16-28(17-11-24)39-20-25-8-6-7-9-29(25)32(39)41/h6-17,22-23,30,43H,18-21H2,1-5H3,(H,37,40)/t23?,30-,35+/m1/s1. The Morgan fingerprint density at radius 3 is 2.21 bits per heavy atom. The van der Waals surface area contributed by atoms with E-state index >= 15 is 0 Å². The van der Waals surface area contributed by atoms with Gasteiger partial charge >= 0.3 is 0 Å². The number of rotatable bonds is 7. The predicted octanol–water partition coefficient (Wildman–Crippen LogP) is 5.89. The third-order valence-corrected chi connectivity index (χ3v) is 9.48. The number of nitrogens with one attached hydrogen (secondary N) is 1. The fourth-order valence-electron chi connectivity index (χ4n) is 6.32. The normalized spacial score (nSPS) is 21.0. The van der Waals surface area contributed by atoms with E-state index in [1.807, 2.05) is 95.3 Å². The summed E-state index contributed by atoms with van der Waals surface area (Å²) in [6.07, 6.45) is 0.374. The number of benzene rings is 3. The molecule has 7 nitrogen and oxygen atoms in total. The number of anilines is 1. The highest BCUT2D eigenvalue weighted by atomic mass is 35.5. The summed E-state index contributed by atoms with van der Waals surface area (Å²) in [4.78, 5) is 43.6. The van der Waals surface area contributed by atoms with E-state index in [1.165, 1.54) is 0 Å². The molecule has 0 radical (unpaired) electrons. The lowest BCUT2D eigenvalue weighted by Crippen LogP contribution is -2.60. The lowest BCUT2D eigenvalue weighted by atomic mass is 9.66. The van der Waals surface area contributed by atoms with Gasteiger partial charge in [0.15, 0.2) is 0 Å². The van der Waals surface area contributed by atoms with Gasteiger partial charge in [0.2, 0.25) is 11.8 Å². The Hall–Kier alpha value is -3.68. The highest BCUT2D eigenvalue weighted by molar-refractivity contribution is 6.30. The first-order valence-corrected chi connectivity index (χ1v) is 15.3. The number of halogens is 1. The summed E-state index contributed by atoms with van der Waals surface area (Å²) in [5, 5.41) is 15.3. The van der Waals surface area contributed by atoms with E-state index < -0.39 is 23.0 Å². The van der Waals surface area contributed by atoms with Gasteiger partial charge in [-0.1, -0.05) is 81.8 Å². The molecule has 3 amide bonds. The van der Waals surface area contributed by atoms with Crippen LogP contribution < -0.4 is 10.2 Å². The van der Waals surface area contributed by atoms with Crippen molar-refractivity contribution in [2.24, 2.45) is 11.3 Å². The number of nitrogens with zero attached hydrogens (tertiary/aromatic N) is 2. The zero-order chi connectivity index (χ0) is 31.1. The van der Waals surface area contributed by atoms with Crippen molar-refractivity contribution in [2.75, 3.05) is 18.0 Å². The first kappa shape index (κ1) is 30.8. The van der Waals surface area contributed by atoms with Crippen LogP contribution in [0.15, 0.2) is 72.8 Å². The number of piperidine rings is 1. The van der Waals surface area contributed by atoms with Crippen LogP contribution in [0.3, 0.4) is 0 Å². The van der Waals surface area contributed by atoms with Gasteiger partial charge in [-0.25, -0.2) is 0 Å². The molecule has 2 aliphatic heterocycles. The van der Waals surface area contributed by atoms with Gasteiger partial charge in [-0.3, -0.25) is 14.4 Å². The van der Waals surface area contributed by atoms with Crippen LogP contribution in [-0.4, -0.2) is 46.9 Å². The number of fused-ring (bicyclic) bond motifs is 1. The summed E-state index contributed by atoms with van der Waals surface area (Å²) in [7, 11) is 0. The minimum Gasteiger partial charge on any atom is -0.384 e. The minimum atomic E-state index is -1.12. The quantitative estimate of drug-likeness (QED) is 0.353. The Morgan fingerprint density at radius 2 is 1.60 bits per heavy atom. The van der Waals surface area contributed by atoms with E-state index in [0.29, 0.717) is 31.1 Å². The Kier molecular flexibility index (Phi) is 8.43. The summed E-state index contributed by atoms with van der Waals surface area (Å²) in [6, 6.07) is 21.6. The molecule has 0 aliphatic carbocycles. The lowest BCUT2D eigenvalue weighted by Gasteiger charge is -2.51. The second-order valence-corrected chi connectivity index (χ2v) is 13.3. The van der Waals surface area contributed by atoms with Crippen molar-refractivity contribution in [3.63, 3.8) is 0 Å². The molecule has 2 aliphatic rings. The van der Waals surface area contributed by atoms with Crippen molar-refractivity contribution < 1.29 is 19.5 Å². The van der Waals surface area contributed by atoms with Crippen LogP contribution in [0.4, 0.5) is 5.69 Å². The topological polar surface area (TPSA) is 89.9 Å². The molecule has 1 unspecified atom stereocenters. The van der Waals surface area contributed by atoms with Crippen LogP contribution in [0.5, 0.6) is 0 Å². The van der Waals surface area contributed by atoms with Crippen LogP contribution in [-0.2, 0) is 21.7 Å². The average molecular weight is 602 g/mol. The van der Waals surface area contributed by atoms with Crippen LogP contribution in [0.1, 0.15) is 74.0 Å². The number of carbonyl (C=O) groups excluding carboxylic acids is 3. The Labute approximate surface area is 258 Å². The van der Waals surface area contributed by atoms with Gasteiger partial charge in [-0.2, -0.15) is 0 Å². The maximum atomic E-state index is 13.8. The van der Waals surface area contributed by atoms with Gasteiger partial charge in [0.1, 0.15) is 6.04 Å². The number of aliphatic hydroxyl groups is 1. The maximum absolute atomic E-state index is 13.8. The number of carbonyl (C=O) groups is 3. The number of hydrogen-bond donors (Lipinski definition) is 2. The molecule has 2 N–H and O–H groups in total. The smallest absolute Gasteiger partial charge is 0.258 e. The van der Waals surface area contributed by atoms with Gasteiger partial charge < -0.3 is 20.2 Å². The van der Waals surface area contributed by atoms with Gasteiger partial charge in [0.05, 0.1) is 18.1 Å². The lowest BCUT2D eigenvalue weighted by molar-refractivity contribution is -0.156. The molecule has 1 fully saturated rings. The third kappa shape index (κ3) is 5.80. The van der Waals surface area contributed by atoms with Gasteiger partial charge in [0, 0.05) is 34.8 Å². The van der Waals surface area contributed by atoms with E-state index in [0.717, 1.165) is 27.9 Å². The van der Waals surface area contributed by atoms with Crippen molar-refractivity contribution in [1.29, 1.82) is 0 Å². The molecule has 0 saturated carbocycles. The molecular weight excluding hydrogens is 562 g/mol. The van der Waals surface area contributed by atoms with Gasteiger partial charge in [-0.15, -0.1) is 0 Å². The molecule has 0 bridgehead atoms. The van der Waals surface area contributed by atoms with Gasteiger partial charge in [-0.05, 0) is 66.3 Å². The number of amides is 3. The fraction of sp³-hybridized carbons (Fsp3) is 0.400. The zero-order valence-electron chi connectivity index (χ0n) is 25.4. The number of likely N-dealkylation sites (tertiary alicyclic amines) is 1. The Morgan fingerprint density at radius 1 is 0.953 bits per heavy atom. The van der Waals surface area contributed by atoms with Crippen LogP contribution in [0.25, 0.3) is 0 Å². The molecule has 2 heterocycles. The molecular formula is C35H40ClN3O4. The highest BCUT2D eigenvalue weighted by Crippen LogP contribution is 2.46. The SMILES string of the molecule is CC(C(=O)N[C@@H](C(=O)N1CC[C@](O)(c2ccc(Cl)cc2)C(C)(C)C1)C(C)C)c1ccc(N2Cc3ccccc3C2=O)cc1. The molecule has 43 heavy (non-hydrogen) atoms. The van der Waals surface area contributed by atoms with Crippen molar-refractivity contribution in [2.45, 2.75) is 65.1 Å². The molecule has 5 rings (SSSR count). The molecule has 8 heteroatoms.